The molecular formula is C26H32ClN3O9. The Labute approximate surface area is 230 Å². The second kappa shape index (κ2) is 12.9. The standard InChI is InChI=1S/C26H32ClN3O9/c1-4-39-26(37)23(18(25(35)36)11-22(32)33)30-15-6-5-7-16(30)9-14(8-15)29-24(34)17-10-19(27)20(28-13(2)31)12-21(17)38-3/h10-12,14-16,23H,4-9H2,1-3H3,(H,28,31)(H,29,34)(H,32,33)(H,35,36)/b18-11-. The van der Waals surface area contributed by atoms with Crippen LogP contribution in [0.3, 0.4) is 0 Å². The van der Waals surface area contributed by atoms with Gasteiger partial charge in [-0.1, -0.05) is 18.0 Å². The number of halogens is 1. The zero-order valence-corrected chi connectivity index (χ0v) is 22.6. The SMILES string of the molecule is CCOC(=O)C(/C(=C/C(=O)O)C(=O)O)N1C2CCCC1CC(NC(=O)c1cc(Cl)c(NC(C)=O)cc1OC)C2. The maximum absolute atomic E-state index is 13.2. The van der Waals surface area contributed by atoms with Crippen molar-refractivity contribution >= 4 is 47.0 Å². The Morgan fingerprint density at radius 3 is 2.31 bits per heavy atom. The predicted molar refractivity (Wildman–Crippen MR) is 140 cm³/mol. The van der Waals surface area contributed by atoms with Crippen LogP contribution < -0.4 is 15.4 Å². The highest BCUT2D eigenvalue weighted by molar-refractivity contribution is 6.34. The molecule has 0 spiro atoms. The molecule has 12 nitrogen and oxygen atoms in total. The highest BCUT2D eigenvalue weighted by Crippen LogP contribution is 2.38. The first-order valence-electron chi connectivity index (χ1n) is 12.5. The normalized spacial score (nSPS) is 21.8. The molecule has 39 heavy (non-hydrogen) atoms. The van der Waals surface area contributed by atoms with Crippen LogP contribution in [-0.4, -0.2) is 82.7 Å². The summed E-state index contributed by atoms with van der Waals surface area (Å²) in [7, 11) is 1.39. The number of benzene rings is 1. The summed E-state index contributed by atoms with van der Waals surface area (Å²) >= 11 is 6.27. The average Bonchev–Trinajstić information content (AvgIpc) is 2.84. The minimum Gasteiger partial charge on any atom is -0.496 e. The van der Waals surface area contributed by atoms with E-state index in [0.717, 1.165) is 6.42 Å². The van der Waals surface area contributed by atoms with Crippen LogP contribution in [0.1, 0.15) is 56.3 Å². The topological polar surface area (TPSA) is 172 Å². The van der Waals surface area contributed by atoms with Crippen molar-refractivity contribution in [2.24, 2.45) is 0 Å². The number of aliphatic carboxylic acids is 2. The summed E-state index contributed by atoms with van der Waals surface area (Å²) in [5, 5.41) is 24.8. The highest BCUT2D eigenvalue weighted by atomic mass is 35.5. The van der Waals surface area contributed by atoms with Crippen molar-refractivity contribution in [2.45, 2.75) is 70.1 Å². The Morgan fingerprint density at radius 2 is 1.79 bits per heavy atom. The molecule has 1 aromatic rings. The van der Waals surface area contributed by atoms with Crippen molar-refractivity contribution in [2.75, 3.05) is 19.0 Å². The summed E-state index contributed by atoms with van der Waals surface area (Å²) in [6.45, 7) is 2.92. The molecule has 2 bridgehead atoms. The van der Waals surface area contributed by atoms with Gasteiger partial charge in [0, 0.05) is 37.2 Å². The number of ether oxygens (including phenoxy) is 2. The number of amides is 2. The monoisotopic (exact) mass is 565 g/mol. The zero-order chi connectivity index (χ0) is 28.9. The second-order valence-corrected chi connectivity index (χ2v) is 9.85. The lowest BCUT2D eigenvalue weighted by atomic mass is 9.79. The van der Waals surface area contributed by atoms with Gasteiger partial charge in [0.15, 0.2) is 0 Å². The number of hydrogen-bond donors (Lipinski definition) is 4. The van der Waals surface area contributed by atoms with Crippen LogP contribution in [-0.2, 0) is 23.9 Å². The second-order valence-electron chi connectivity index (χ2n) is 9.44. The third kappa shape index (κ3) is 7.07. The molecule has 2 aliphatic rings. The van der Waals surface area contributed by atoms with Gasteiger partial charge in [-0.3, -0.25) is 14.5 Å². The molecule has 1 aromatic carbocycles. The quantitative estimate of drug-likeness (QED) is 0.244. The van der Waals surface area contributed by atoms with Crippen LogP contribution in [0.15, 0.2) is 23.8 Å². The number of anilines is 1. The van der Waals surface area contributed by atoms with Gasteiger partial charge in [0.25, 0.3) is 5.91 Å². The van der Waals surface area contributed by atoms with E-state index in [4.69, 9.17) is 21.1 Å². The maximum atomic E-state index is 13.2. The Bertz CT molecular complexity index is 1170. The van der Waals surface area contributed by atoms with Gasteiger partial charge in [0.05, 0.1) is 35.6 Å². The molecule has 2 fully saturated rings. The van der Waals surface area contributed by atoms with Crippen molar-refractivity contribution in [3.63, 3.8) is 0 Å². The van der Waals surface area contributed by atoms with Gasteiger partial charge >= 0.3 is 17.9 Å². The molecule has 3 unspecified atom stereocenters. The molecule has 4 N–H and O–H groups in total. The number of methoxy groups -OCH3 is 1. The summed E-state index contributed by atoms with van der Waals surface area (Å²) < 4.78 is 10.5. The molecule has 13 heteroatoms. The zero-order valence-electron chi connectivity index (χ0n) is 21.9. The van der Waals surface area contributed by atoms with E-state index in [1.165, 1.54) is 26.2 Å². The van der Waals surface area contributed by atoms with E-state index in [1.54, 1.807) is 11.8 Å². The minimum atomic E-state index is -1.52. The van der Waals surface area contributed by atoms with Crippen LogP contribution in [0.25, 0.3) is 0 Å². The van der Waals surface area contributed by atoms with Gasteiger partial charge < -0.3 is 30.3 Å². The summed E-state index contributed by atoms with van der Waals surface area (Å²) in [5.41, 5.74) is -0.0980. The van der Waals surface area contributed by atoms with Crippen LogP contribution in [0.4, 0.5) is 5.69 Å². The Morgan fingerprint density at radius 1 is 1.15 bits per heavy atom. The first-order chi connectivity index (χ1) is 18.5. The number of nitrogens with one attached hydrogen (secondary N) is 2. The summed E-state index contributed by atoms with van der Waals surface area (Å²) in [4.78, 5) is 62.8. The summed E-state index contributed by atoms with van der Waals surface area (Å²) in [6.07, 6.45) is 3.42. The lowest BCUT2D eigenvalue weighted by molar-refractivity contribution is -0.155. The Hall–Kier alpha value is -3.64. The first-order valence-corrected chi connectivity index (χ1v) is 12.9. The van der Waals surface area contributed by atoms with Crippen LogP contribution in [0.5, 0.6) is 5.75 Å². The van der Waals surface area contributed by atoms with Gasteiger partial charge in [-0.25, -0.2) is 14.4 Å². The molecule has 2 amide bonds. The number of esters is 1. The van der Waals surface area contributed by atoms with Gasteiger partial charge in [0.1, 0.15) is 11.8 Å². The van der Waals surface area contributed by atoms with Crippen LogP contribution >= 0.6 is 11.6 Å². The number of rotatable bonds is 10. The van der Waals surface area contributed by atoms with E-state index in [0.29, 0.717) is 37.4 Å². The summed E-state index contributed by atoms with van der Waals surface area (Å²) in [6, 6.07) is 0.543. The minimum absolute atomic E-state index is 0.00226. The van der Waals surface area contributed by atoms with E-state index in [1.807, 2.05) is 0 Å². The Balaban J connectivity index is 1.87. The summed E-state index contributed by atoms with van der Waals surface area (Å²) in [5.74, 6) is -4.39. The number of carbonyl (C=O) groups is 5. The smallest absolute Gasteiger partial charge is 0.334 e. The van der Waals surface area contributed by atoms with E-state index in [-0.39, 0.29) is 47.0 Å². The molecule has 3 atom stereocenters. The van der Waals surface area contributed by atoms with Crippen LogP contribution in [0.2, 0.25) is 5.02 Å². The molecule has 0 aromatic heterocycles. The number of fused-ring (bicyclic) bond motifs is 2. The molecule has 212 valence electrons. The van der Waals surface area contributed by atoms with E-state index < -0.39 is 35.4 Å². The van der Waals surface area contributed by atoms with Crippen molar-refractivity contribution in [3.8, 4) is 5.75 Å². The van der Waals surface area contributed by atoms with Crippen molar-refractivity contribution in [1.82, 2.24) is 10.2 Å². The predicted octanol–water partition coefficient (Wildman–Crippen LogP) is 2.45. The fraction of sp³-hybridized carbons (Fsp3) is 0.500. The fourth-order valence-electron chi connectivity index (χ4n) is 5.43. The third-order valence-corrected chi connectivity index (χ3v) is 7.15. The average molecular weight is 566 g/mol. The molecular weight excluding hydrogens is 534 g/mol. The molecule has 3 rings (SSSR count). The molecule has 0 aliphatic carbocycles. The van der Waals surface area contributed by atoms with Crippen molar-refractivity contribution in [3.05, 3.63) is 34.4 Å². The van der Waals surface area contributed by atoms with Gasteiger partial charge in [-0.05, 0) is 38.7 Å². The number of nitrogens with zero attached hydrogens (tertiary/aromatic N) is 1. The lowest BCUT2D eigenvalue weighted by Crippen LogP contribution is -2.62. The molecule has 2 aliphatic heterocycles. The van der Waals surface area contributed by atoms with E-state index in [9.17, 15) is 34.2 Å². The number of carboxylic acids is 2. The number of carboxylic acid groups (broad SMARTS) is 2. The Kier molecular flexibility index (Phi) is 9.92. The lowest BCUT2D eigenvalue weighted by Gasteiger charge is -2.51. The van der Waals surface area contributed by atoms with Gasteiger partial charge in [0.2, 0.25) is 5.91 Å². The van der Waals surface area contributed by atoms with Crippen molar-refractivity contribution in [1.29, 1.82) is 0 Å². The molecule has 0 saturated carbocycles. The number of carbonyl (C=O) groups excluding carboxylic acids is 3. The van der Waals surface area contributed by atoms with E-state index in [2.05, 4.69) is 10.6 Å². The fourth-order valence-corrected chi connectivity index (χ4v) is 5.64. The largest absolute Gasteiger partial charge is 0.496 e. The van der Waals surface area contributed by atoms with Gasteiger partial charge in [-0.15, -0.1) is 0 Å². The van der Waals surface area contributed by atoms with Gasteiger partial charge in [-0.2, -0.15) is 0 Å². The number of hydrogen-bond acceptors (Lipinski definition) is 8. The van der Waals surface area contributed by atoms with Crippen molar-refractivity contribution < 1.29 is 43.7 Å². The highest BCUT2D eigenvalue weighted by Gasteiger charge is 2.47. The molecule has 2 saturated heterocycles. The maximum Gasteiger partial charge on any atom is 0.334 e. The molecule has 2 heterocycles. The number of piperidine rings is 2. The first kappa shape index (κ1) is 29.9. The third-order valence-electron chi connectivity index (χ3n) is 6.84. The van der Waals surface area contributed by atoms with E-state index >= 15 is 0 Å². The molecule has 0 radical (unpaired) electrons. The van der Waals surface area contributed by atoms with Crippen LogP contribution in [0, 0.1) is 0 Å².